The standard InChI is InChI=1S/C4ClF9O2S/c5-17(15,16)1(2(6,7)8,3(9,10)11)4(12,13)14. The molecule has 0 fully saturated rings. The minimum absolute atomic E-state index is 3.72. The van der Waals surface area contributed by atoms with Gasteiger partial charge in [-0.15, -0.1) is 0 Å². The average molecular weight is 319 g/mol. The molecule has 0 aliphatic carbocycles. The number of halogens is 10. The second-order valence-electron chi connectivity index (χ2n) is 2.61. The number of rotatable bonds is 1. The van der Waals surface area contributed by atoms with Gasteiger partial charge < -0.3 is 0 Å². The summed E-state index contributed by atoms with van der Waals surface area (Å²) >= 11 is 0. The predicted molar refractivity (Wildman–Crippen MR) is 35.7 cm³/mol. The Hall–Kier alpha value is -0.390. The maximum absolute atomic E-state index is 12.0. The van der Waals surface area contributed by atoms with E-state index in [9.17, 15) is 47.9 Å². The normalized spacial score (nSPS) is 16.1. The first-order chi connectivity index (χ1) is 7.00. The summed E-state index contributed by atoms with van der Waals surface area (Å²) in [5, 5.41) is 0. The summed E-state index contributed by atoms with van der Waals surface area (Å²) in [6.45, 7) is 0. The van der Waals surface area contributed by atoms with E-state index in [0.29, 0.717) is 0 Å². The van der Waals surface area contributed by atoms with Crippen molar-refractivity contribution in [3.05, 3.63) is 0 Å². The van der Waals surface area contributed by atoms with Crippen LogP contribution in [-0.2, 0) is 9.05 Å². The predicted octanol–water partition coefficient (Wildman–Crippen LogP) is 2.98. The van der Waals surface area contributed by atoms with Crippen molar-refractivity contribution in [2.45, 2.75) is 23.3 Å². The van der Waals surface area contributed by atoms with Gasteiger partial charge in [0, 0.05) is 10.7 Å². The molecule has 0 amide bonds. The van der Waals surface area contributed by atoms with Gasteiger partial charge in [0.2, 0.25) is 0 Å². The van der Waals surface area contributed by atoms with Crippen LogP contribution in [0.5, 0.6) is 0 Å². The van der Waals surface area contributed by atoms with E-state index in [1.807, 2.05) is 0 Å². The molecular formula is C4ClF9O2S. The molecule has 0 aromatic carbocycles. The topological polar surface area (TPSA) is 34.1 Å². The van der Waals surface area contributed by atoms with Crippen LogP contribution in [0.2, 0.25) is 0 Å². The molecule has 0 aromatic rings. The second-order valence-corrected chi connectivity index (χ2v) is 5.32. The molecule has 0 radical (unpaired) electrons. The second kappa shape index (κ2) is 3.80. The van der Waals surface area contributed by atoms with Crippen LogP contribution in [0.25, 0.3) is 0 Å². The summed E-state index contributed by atoms with van der Waals surface area (Å²) in [6, 6.07) is 0. The highest BCUT2D eigenvalue weighted by Crippen LogP contribution is 2.58. The van der Waals surface area contributed by atoms with Gasteiger partial charge >= 0.3 is 23.3 Å². The molecular weight excluding hydrogens is 319 g/mol. The fourth-order valence-electron chi connectivity index (χ4n) is 0.897. The van der Waals surface area contributed by atoms with Crippen LogP contribution >= 0.6 is 10.7 Å². The van der Waals surface area contributed by atoms with Gasteiger partial charge in [-0.25, -0.2) is 8.42 Å². The van der Waals surface area contributed by atoms with E-state index in [4.69, 9.17) is 0 Å². The summed E-state index contributed by atoms with van der Waals surface area (Å²) in [6.07, 6.45) is -21.6. The first kappa shape index (κ1) is 16.6. The lowest BCUT2D eigenvalue weighted by molar-refractivity contribution is -0.347. The van der Waals surface area contributed by atoms with Crippen molar-refractivity contribution in [2.24, 2.45) is 0 Å². The summed E-state index contributed by atoms with van der Waals surface area (Å²) in [4.78, 5) is 0. The largest absolute Gasteiger partial charge is 0.427 e. The van der Waals surface area contributed by atoms with Gasteiger partial charge in [-0.3, -0.25) is 0 Å². The van der Waals surface area contributed by atoms with Crippen molar-refractivity contribution in [1.29, 1.82) is 0 Å². The Morgan fingerprint density at radius 1 is 0.647 bits per heavy atom. The molecule has 0 unspecified atom stereocenters. The Morgan fingerprint density at radius 3 is 0.824 bits per heavy atom. The zero-order valence-electron chi connectivity index (χ0n) is 7.00. The van der Waals surface area contributed by atoms with E-state index < -0.39 is 32.3 Å². The molecule has 0 aromatic heterocycles. The minimum Gasteiger partial charge on any atom is -0.211 e. The molecule has 0 atom stereocenters. The SMILES string of the molecule is O=S(=O)(Cl)C(C(F)(F)F)(C(F)(F)F)C(F)(F)F. The quantitative estimate of drug-likeness (QED) is 0.550. The lowest BCUT2D eigenvalue weighted by Gasteiger charge is -2.35. The Bertz CT molecular complexity index is 351. The van der Waals surface area contributed by atoms with Crippen molar-refractivity contribution in [2.75, 3.05) is 0 Å². The molecule has 0 aliphatic rings. The van der Waals surface area contributed by atoms with E-state index in [2.05, 4.69) is 10.7 Å². The molecule has 0 spiro atoms. The monoisotopic (exact) mass is 318 g/mol. The van der Waals surface area contributed by atoms with Gasteiger partial charge in [0.15, 0.2) is 0 Å². The highest BCUT2D eigenvalue weighted by Gasteiger charge is 2.90. The van der Waals surface area contributed by atoms with Crippen molar-refractivity contribution >= 4 is 19.7 Å². The van der Waals surface area contributed by atoms with Crippen LogP contribution in [0.15, 0.2) is 0 Å². The summed E-state index contributed by atoms with van der Waals surface area (Å²) < 4.78 is 121. The van der Waals surface area contributed by atoms with Crippen LogP contribution < -0.4 is 0 Å². The third-order valence-electron chi connectivity index (χ3n) is 1.56. The lowest BCUT2D eigenvalue weighted by Crippen LogP contribution is -2.69. The van der Waals surface area contributed by atoms with Gasteiger partial charge in [-0.2, -0.15) is 39.5 Å². The van der Waals surface area contributed by atoms with Gasteiger partial charge in [-0.1, -0.05) is 0 Å². The third-order valence-corrected chi connectivity index (χ3v) is 3.68. The fraction of sp³-hybridized carbons (Fsp3) is 1.00. The molecule has 0 aliphatic heterocycles. The molecule has 0 bridgehead atoms. The van der Waals surface area contributed by atoms with E-state index in [1.54, 1.807) is 0 Å². The van der Waals surface area contributed by atoms with Crippen LogP contribution in [0.4, 0.5) is 39.5 Å². The molecule has 0 saturated carbocycles. The first-order valence-corrected chi connectivity index (χ1v) is 5.45. The summed E-state index contributed by atoms with van der Waals surface area (Å²) in [7, 11) is -3.38. The van der Waals surface area contributed by atoms with Gasteiger partial charge in [-0.05, 0) is 0 Å². The van der Waals surface area contributed by atoms with Gasteiger partial charge in [0.25, 0.3) is 9.05 Å². The van der Waals surface area contributed by atoms with Crippen LogP contribution in [-0.4, -0.2) is 31.7 Å². The number of alkyl halides is 9. The van der Waals surface area contributed by atoms with Crippen LogP contribution in [0.1, 0.15) is 0 Å². The molecule has 0 saturated heterocycles. The van der Waals surface area contributed by atoms with E-state index in [-0.39, 0.29) is 0 Å². The van der Waals surface area contributed by atoms with Crippen LogP contribution in [0.3, 0.4) is 0 Å². The smallest absolute Gasteiger partial charge is 0.211 e. The first-order valence-electron chi connectivity index (χ1n) is 3.14. The molecule has 0 heterocycles. The van der Waals surface area contributed by atoms with Crippen molar-refractivity contribution < 1.29 is 47.9 Å². The lowest BCUT2D eigenvalue weighted by atomic mass is 10.1. The molecule has 104 valence electrons. The van der Waals surface area contributed by atoms with Crippen molar-refractivity contribution in [3.8, 4) is 0 Å². The maximum atomic E-state index is 12.0. The third kappa shape index (κ3) is 2.28. The molecule has 0 rings (SSSR count). The van der Waals surface area contributed by atoms with Crippen LogP contribution in [0, 0.1) is 0 Å². The van der Waals surface area contributed by atoms with E-state index in [1.165, 1.54) is 0 Å². The number of hydrogen-bond donors (Lipinski definition) is 0. The molecule has 2 nitrogen and oxygen atoms in total. The Kier molecular flexibility index (Phi) is 3.71. The zero-order valence-corrected chi connectivity index (χ0v) is 8.58. The Balaban J connectivity index is 6.60. The molecule has 13 heteroatoms. The van der Waals surface area contributed by atoms with Crippen molar-refractivity contribution in [3.63, 3.8) is 0 Å². The Morgan fingerprint density at radius 2 is 0.824 bits per heavy atom. The van der Waals surface area contributed by atoms with E-state index >= 15 is 0 Å². The van der Waals surface area contributed by atoms with Crippen molar-refractivity contribution in [1.82, 2.24) is 0 Å². The van der Waals surface area contributed by atoms with E-state index in [0.717, 1.165) is 0 Å². The zero-order chi connectivity index (χ0) is 14.5. The van der Waals surface area contributed by atoms with Gasteiger partial charge in [0.05, 0.1) is 0 Å². The molecule has 0 N–H and O–H groups in total. The molecule has 17 heavy (non-hydrogen) atoms. The Labute approximate surface area is 91.8 Å². The summed E-state index contributed by atoms with van der Waals surface area (Å²) in [5.74, 6) is 0. The highest BCUT2D eigenvalue weighted by atomic mass is 35.7. The van der Waals surface area contributed by atoms with Gasteiger partial charge in [0.1, 0.15) is 0 Å². The highest BCUT2D eigenvalue weighted by molar-refractivity contribution is 8.15. The summed E-state index contributed by atoms with van der Waals surface area (Å²) in [5.41, 5.74) is 0. The number of hydrogen-bond acceptors (Lipinski definition) is 2. The average Bonchev–Trinajstić information content (AvgIpc) is 1.67. The maximum Gasteiger partial charge on any atom is 0.427 e. The fourth-order valence-corrected chi connectivity index (χ4v) is 2.51. The minimum atomic E-state index is -7.20.